The van der Waals surface area contributed by atoms with E-state index in [2.05, 4.69) is 10.3 Å². The van der Waals surface area contributed by atoms with E-state index >= 15 is 0 Å². The predicted molar refractivity (Wildman–Crippen MR) is 139 cm³/mol. The molecule has 2 heterocycles. The van der Waals surface area contributed by atoms with Crippen LogP contribution in [0.4, 0.5) is 8.78 Å². The minimum absolute atomic E-state index is 0.0227. The third-order valence-corrected chi connectivity index (χ3v) is 7.28. The van der Waals surface area contributed by atoms with Crippen LogP contribution in [-0.4, -0.2) is 71.1 Å². The molecule has 212 valence electrons. The third-order valence-electron chi connectivity index (χ3n) is 7.28. The summed E-state index contributed by atoms with van der Waals surface area (Å²) in [6.45, 7) is -1.10. The van der Waals surface area contributed by atoms with Crippen LogP contribution >= 0.6 is 0 Å². The number of nitrogens with one attached hydrogen (secondary N) is 1. The average Bonchev–Trinajstić information content (AvgIpc) is 3.58. The number of carbonyl (C=O) groups is 2. The van der Waals surface area contributed by atoms with Crippen molar-refractivity contribution in [1.29, 1.82) is 0 Å². The Morgan fingerprint density at radius 3 is 2.59 bits per heavy atom. The molecule has 2 unspecified atom stereocenters. The highest BCUT2D eigenvalue weighted by molar-refractivity contribution is 5.87. The fourth-order valence-electron chi connectivity index (χ4n) is 5.22. The number of amides is 2. The van der Waals surface area contributed by atoms with E-state index in [0.29, 0.717) is 24.4 Å². The largest absolute Gasteiger partial charge is 0.487 e. The van der Waals surface area contributed by atoms with Crippen LogP contribution in [0.5, 0.6) is 11.5 Å². The van der Waals surface area contributed by atoms with Gasteiger partial charge in [-0.05, 0) is 76.0 Å². The monoisotopic (exact) mass is 546 g/mol. The molecule has 2 fully saturated rings. The second-order valence-electron chi connectivity index (χ2n) is 10.3. The van der Waals surface area contributed by atoms with Gasteiger partial charge in [0.05, 0.1) is 24.0 Å². The number of aliphatic hydroxyl groups excluding tert-OH is 1. The lowest BCUT2D eigenvalue weighted by molar-refractivity contribution is -0.136. The number of rotatable bonds is 10. The Hall–Kier alpha value is -3.31. The van der Waals surface area contributed by atoms with Gasteiger partial charge in [-0.3, -0.25) is 19.5 Å². The molecule has 1 aliphatic carbocycles. The Morgan fingerprint density at radius 2 is 1.92 bits per heavy atom. The van der Waals surface area contributed by atoms with Crippen molar-refractivity contribution in [2.24, 2.45) is 0 Å². The number of hydrogen-bond acceptors (Lipinski definition) is 7. The van der Waals surface area contributed by atoms with Crippen LogP contribution in [0.1, 0.15) is 68.1 Å². The molecular formula is C28H36F2N4O5. The number of ether oxygens (including phenoxy) is 2. The summed E-state index contributed by atoms with van der Waals surface area (Å²) in [4.78, 5) is 33.2. The molecular weight excluding hydrogens is 510 g/mol. The molecule has 0 spiro atoms. The van der Waals surface area contributed by atoms with Gasteiger partial charge in [0, 0.05) is 19.4 Å². The van der Waals surface area contributed by atoms with Crippen molar-refractivity contribution in [2.75, 3.05) is 20.6 Å². The lowest BCUT2D eigenvalue weighted by Gasteiger charge is -2.22. The number of carbonyl (C=O) groups excluding carboxylic acids is 2. The Kier molecular flexibility index (Phi) is 9.34. The third kappa shape index (κ3) is 7.21. The molecule has 39 heavy (non-hydrogen) atoms. The normalized spacial score (nSPS) is 20.5. The fourth-order valence-corrected chi connectivity index (χ4v) is 5.22. The first-order valence-corrected chi connectivity index (χ1v) is 13.2. The van der Waals surface area contributed by atoms with Crippen molar-refractivity contribution in [1.82, 2.24) is 20.1 Å². The van der Waals surface area contributed by atoms with Crippen molar-refractivity contribution < 1.29 is 33.0 Å². The number of aliphatic hydroxyl groups is 1. The van der Waals surface area contributed by atoms with Gasteiger partial charge in [-0.15, -0.1) is 0 Å². The summed E-state index contributed by atoms with van der Waals surface area (Å²) in [5.74, 6) is -0.494. The zero-order valence-corrected chi connectivity index (χ0v) is 22.5. The van der Waals surface area contributed by atoms with Crippen LogP contribution in [-0.2, 0) is 16.1 Å². The summed E-state index contributed by atoms with van der Waals surface area (Å²) in [5, 5.41) is 13.1. The second kappa shape index (κ2) is 12.7. The number of alkyl halides is 2. The van der Waals surface area contributed by atoms with Crippen molar-refractivity contribution in [2.45, 2.75) is 76.5 Å². The zero-order chi connectivity index (χ0) is 28.1. The van der Waals surface area contributed by atoms with Gasteiger partial charge in [-0.25, -0.2) is 0 Å². The number of hydrogen-bond donors (Lipinski definition) is 2. The first-order chi connectivity index (χ1) is 18.6. The molecule has 0 radical (unpaired) electrons. The van der Waals surface area contributed by atoms with Crippen molar-refractivity contribution >= 4 is 11.8 Å². The van der Waals surface area contributed by atoms with Gasteiger partial charge in [0.1, 0.15) is 12.3 Å². The summed E-state index contributed by atoms with van der Waals surface area (Å²) in [7, 11) is 3.47. The highest BCUT2D eigenvalue weighted by Gasteiger charge is 2.39. The van der Waals surface area contributed by atoms with E-state index < -0.39 is 18.9 Å². The lowest BCUT2D eigenvalue weighted by atomic mass is 9.95. The van der Waals surface area contributed by atoms with E-state index in [4.69, 9.17) is 9.47 Å². The van der Waals surface area contributed by atoms with Gasteiger partial charge in [0.2, 0.25) is 11.8 Å². The number of benzene rings is 1. The number of likely N-dealkylation sites (tertiary alicyclic amines) is 1. The van der Waals surface area contributed by atoms with Crippen LogP contribution < -0.4 is 14.8 Å². The quantitative estimate of drug-likeness (QED) is 0.439. The summed E-state index contributed by atoms with van der Waals surface area (Å²) in [6.07, 6.45) is 3.21. The van der Waals surface area contributed by atoms with Crippen molar-refractivity contribution in [3.63, 3.8) is 0 Å². The van der Waals surface area contributed by atoms with Crippen LogP contribution in [0, 0.1) is 0 Å². The molecule has 1 aromatic heterocycles. The molecule has 1 aromatic carbocycles. The number of halogens is 2. The summed E-state index contributed by atoms with van der Waals surface area (Å²) >= 11 is 0. The fraction of sp³-hybridized carbons (Fsp3) is 0.536. The van der Waals surface area contributed by atoms with Gasteiger partial charge in [0.25, 0.3) is 0 Å². The minimum atomic E-state index is -2.98. The van der Waals surface area contributed by atoms with Crippen LogP contribution in [0.2, 0.25) is 0 Å². The maximum Gasteiger partial charge on any atom is 0.387 e. The number of aromatic nitrogens is 1. The maximum absolute atomic E-state index is 13.2. The lowest BCUT2D eigenvalue weighted by Crippen LogP contribution is -2.45. The summed E-state index contributed by atoms with van der Waals surface area (Å²) in [6, 6.07) is 9.38. The zero-order valence-electron chi connectivity index (χ0n) is 22.5. The van der Waals surface area contributed by atoms with Crippen molar-refractivity contribution in [3.8, 4) is 11.5 Å². The highest BCUT2D eigenvalue weighted by atomic mass is 19.3. The highest BCUT2D eigenvalue weighted by Crippen LogP contribution is 2.39. The van der Waals surface area contributed by atoms with Gasteiger partial charge < -0.3 is 24.8 Å². The standard InChI is InChI=1S/C28H36F2N4O5/c1-17(35)34-16-19(18-11-12-24(39-28(29)30)25(14-18)38-21-8-4-5-9-21)13-23(34)26(36)31-15-20-7-6-10-22(32-20)27(37)33(2)3/h6-7,10-12,14,19,21,23,27-28,37H,4-5,8-9,13,15-16H2,1-3H3,(H,31,36)/t19?,23-,27?/m1/s1. The van der Waals surface area contributed by atoms with Gasteiger partial charge >= 0.3 is 6.61 Å². The van der Waals surface area contributed by atoms with Crippen LogP contribution in [0.25, 0.3) is 0 Å². The van der Waals surface area contributed by atoms with E-state index in [0.717, 1.165) is 31.2 Å². The number of nitrogens with zero attached hydrogens (tertiary/aromatic N) is 3. The van der Waals surface area contributed by atoms with E-state index in [1.807, 2.05) is 0 Å². The van der Waals surface area contributed by atoms with E-state index in [1.165, 1.54) is 17.9 Å². The molecule has 1 aliphatic heterocycles. The van der Waals surface area contributed by atoms with Crippen LogP contribution in [0.3, 0.4) is 0 Å². The minimum Gasteiger partial charge on any atom is -0.487 e. The van der Waals surface area contributed by atoms with Gasteiger partial charge in [-0.1, -0.05) is 12.1 Å². The summed E-state index contributed by atoms with van der Waals surface area (Å²) in [5.41, 5.74) is 1.83. The first kappa shape index (κ1) is 28.7. The molecule has 2 amide bonds. The maximum atomic E-state index is 13.2. The van der Waals surface area contributed by atoms with Crippen molar-refractivity contribution in [3.05, 3.63) is 53.3 Å². The Bertz CT molecular complexity index is 1160. The Balaban J connectivity index is 1.47. The number of pyridine rings is 1. The molecule has 4 rings (SSSR count). The topological polar surface area (TPSA) is 104 Å². The molecule has 1 saturated heterocycles. The van der Waals surface area contributed by atoms with E-state index in [1.54, 1.807) is 49.3 Å². The first-order valence-electron chi connectivity index (χ1n) is 13.2. The molecule has 2 aliphatic rings. The average molecular weight is 547 g/mol. The second-order valence-corrected chi connectivity index (χ2v) is 10.3. The molecule has 3 atom stereocenters. The van der Waals surface area contributed by atoms with Gasteiger partial charge in [0.15, 0.2) is 11.5 Å². The smallest absolute Gasteiger partial charge is 0.387 e. The molecule has 2 N–H and O–H groups in total. The van der Waals surface area contributed by atoms with E-state index in [-0.39, 0.29) is 41.9 Å². The Morgan fingerprint density at radius 1 is 1.18 bits per heavy atom. The molecule has 11 heteroatoms. The molecule has 9 nitrogen and oxygen atoms in total. The SMILES string of the molecule is CC(=O)N1CC(c2ccc(OC(F)F)c(OC3CCCC3)c2)C[C@@H]1C(=O)NCc1cccc(C(O)N(C)C)n1. The molecule has 0 bridgehead atoms. The predicted octanol–water partition coefficient (Wildman–Crippen LogP) is 3.58. The Labute approximate surface area is 227 Å². The summed E-state index contributed by atoms with van der Waals surface area (Å²) < 4.78 is 36.7. The van der Waals surface area contributed by atoms with Crippen LogP contribution in [0.15, 0.2) is 36.4 Å². The van der Waals surface area contributed by atoms with Gasteiger partial charge in [-0.2, -0.15) is 8.78 Å². The van der Waals surface area contributed by atoms with E-state index in [9.17, 15) is 23.5 Å². The molecule has 2 aromatic rings. The molecule has 1 saturated carbocycles.